The van der Waals surface area contributed by atoms with Gasteiger partial charge in [0.1, 0.15) is 6.04 Å². The Kier molecular flexibility index (Phi) is 11.3. The summed E-state index contributed by atoms with van der Waals surface area (Å²) in [4.78, 5) is 27.6. The van der Waals surface area contributed by atoms with Crippen molar-refractivity contribution in [3.63, 3.8) is 0 Å². The van der Waals surface area contributed by atoms with Gasteiger partial charge in [0.25, 0.3) is 5.91 Å². The van der Waals surface area contributed by atoms with E-state index in [0.29, 0.717) is 17.7 Å². The van der Waals surface area contributed by atoms with Gasteiger partial charge in [-0.2, -0.15) is 11.8 Å². The number of hydrogen-bond acceptors (Lipinski definition) is 5. The zero-order chi connectivity index (χ0) is 27.6. The number of likely N-dealkylation sites (tertiary alicyclic amines) is 1. The van der Waals surface area contributed by atoms with E-state index in [-0.39, 0.29) is 12.0 Å². The lowest BCUT2D eigenvalue weighted by Crippen LogP contribution is -2.41. The third kappa shape index (κ3) is 8.57. The zero-order valence-corrected chi connectivity index (χ0v) is 24.3. The molecule has 2 atom stereocenters. The number of thioether (sulfide) groups is 1. The van der Waals surface area contributed by atoms with Gasteiger partial charge in [-0.1, -0.05) is 49.6 Å². The molecule has 1 aliphatic carbocycles. The first-order valence-electron chi connectivity index (χ1n) is 14.5. The minimum atomic E-state index is -1.00. The molecule has 7 heteroatoms. The number of aryl methyl sites for hydroxylation is 1. The lowest BCUT2D eigenvalue weighted by molar-refractivity contribution is -0.139. The highest BCUT2D eigenvalue weighted by Gasteiger charge is 2.25. The minimum Gasteiger partial charge on any atom is -0.480 e. The number of carboxylic acid groups (broad SMARTS) is 1. The third-order valence-corrected chi connectivity index (χ3v) is 8.78. The topological polar surface area (TPSA) is 78.9 Å². The van der Waals surface area contributed by atoms with Crippen LogP contribution in [0.5, 0.6) is 0 Å². The molecule has 2 aromatic rings. The number of hydrogen-bond donors (Lipinski definition) is 2. The Bertz CT molecular complexity index is 1100. The van der Waals surface area contributed by atoms with E-state index in [4.69, 9.17) is 4.74 Å². The summed E-state index contributed by atoms with van der Waals surface area (Å²) in [6, 6.07) is 13.1. The second-order valence-corrected chi connectivity index (χ2v) is 12.2. The molecule has 1 amide bonds. The Morgan fingerprint density at radius 1 is 1.08 bits per heavy atom. The van der Waals surface area contributed by atoms with Crippen LogP contribution in [0.2, 0.25) is 0 Å². The average Bonchev–Trinajstić information content (AvgIpc) is 2.95. The summed E-state index contributed by atoms with van der Waals surface area (Å²) in [6.07, 6.45) is 11.5. The fourth-order valence-corrected chi connectivity index (χ4v) is 6.36. The van der Waals surface area contributed by atoms with E-state index in [1.807, 2.05) is 49.6 Å². The summed E-state index contributed by atoms with van der Waals surface area (Å²) in [5.74, 6) is 0.0485. The summed E-state index contributed by atoms with van der Waals surface area (Å²) in [5, 5.41) is 12.4. The molecular weight excluding hydrogens is 508 g/mol. The van der Waals surface area contributed by atoms with Crippen LogP contribution in [0, 0.1) is 12.8 Å². The number of piperidine rings is 1. The molecular formula is C32H44N2O4S. The zero-order valence-electron chi connectivity index (χ0n) is 23.5. The predicted octanol–water partition coefficient (Wildman–Crippen LogP) is 6.16. The molecule has 0 radical (unpaired) electrons. The molecule has 2 fully saturated rings. The first-order valence-corrected chi connectivity index (χ1v) is 15.9. The molecule has 2 aromatic carbocycles. The van der Waals surface area contributed by atoms with Crippen molar-refractivity contribution in [3.05, 3.63) is 59.2 Å². The summed E-state index contributed by atoms with van der Waals surface area (Å²) in [7, 11) is 0. The SMILES string of the molecule is CSCC[C@H](NC(=O)c1ccc(CN2CCCC(OCC3CCCCC3)C2)cc1-c1ccccc1C)C(=O)O. The van der Waals surface area contributed by atoms with Crippen LogP contribution in [0.3, 0.4) is 0 Å². The lowest BCUT2D eigenvalue weighted by atomic mass is 9.90. The van der Waals surface area contributed by atoms with Gasteiger partial charge in [0.05, 0.1) is 6.10 Å². The van der Waals surface area contributed by atoms with Crippen LogP contribution in [-0.2, 0) is 16.1 Å². The van der Waals surface area contributed by atoms with E-state index < -0.39 is 12.0 Å². The van der Waals surface area contributed by atoms with Crippen LogP contribution in [0.15, 0.2) is 42.5 Å². The van der Waals surface area contributed by atoms with Gasteiger partial charge in [-0.25, -0.2) is 4.79 Å². The lowest BCUT2D eigenvalue weighted by Gasteiger charge is -2.34. The molecule has 1 heterocycles. The summed E-state index contributed by atoms with van der Waals surface area (Å²) in [5.41, 5.74) is 4.58. The van der Waals surface area contributed by atoms with Crippen LogP contribution in [-0.4, -0.2) is 65.7 Å². The molecule has 39 heavy (non-hydrogen) atoms. The first kappa shape index (κ1) is 29.6. The molecule has 1 saturated carbocycles. The molecule has 4 rings (SSSR count). The highest BCUT2D eigenvalue weighted by Crippen LogP contribution is 2.30. The number of nitrogens with zero attached hydrogens (tertiary/aromatic N) is 1. The van der Waals surface area contributed by atoms with Crippen molar-refractivity contribution in [2.24, 2.45) is 5.92 Å². The highest BCUT2D eigenvalue weighted by atomic mass is 32.2. The quantitative estimate of drug-likeness (QED) is 0.328. The molecule has 2 N–H and O–H groups in total. The van der Waals surface area contributed by atoms with Crippen molar-refractivity contribution < 1.29 is 19.4 Å². The maximum Gasteiger partial charge on any atom is 0.326 e. The number of amides is 1. The number of carbonyl (C=O) groups excluding carboxylic acids is 1. The van der Waals surface area contributed by atoms with Gasteiger partial charge >= 0.3 is 5.97 Å². The molecule has 0 bridgehead atoms. The van der Waals surface area contributed by atoms with E-state index in [1.54, 1.807) is 11.8 Å². The normalized spacial score (nSPS) is 19.5. The summed E-state index contributed by atoms with van der Waals surface area (Å²) in [6.45, 7) is 5.72. The van der Waals surface area contributed by atoms with Crippen LogP contribution < -0.4 is 5.32 Å². The number of ether oxygens (including phenoxy) is 1. The summed E-state index contributed by atoms with van der Waals surface area (Å²) < 4.78 is 6.39. The van der Waals surface area contributed by atoms with Crippen molar-refractivity contribution in [3.8, 4) is 11.1 Å². The fraction of sp³-hybridized carbons (Fsp3) is 0.562. The molecule has 1 saturated heterocycles. The van der Waals surface area contributed by atoms with Crippen LogP contribution in [0.25, 0.3) is 11.1 Å². The van der Waals surface area contributed by atoms with Crippen molar-refractivity contribution >= 4 is 23.6 Å². The van der Waals surface area contributed by atoms with Crippen molar-refractivity contribution in [1.29, 1.82) is 0 Å². The Labute approximate surface area is 237 Å². The molecule has 6 nitrogen and oxygen atoms in total. The molecule has 0 spiro atoms. The van der Waals surface area contributed by atoms with Gasteiger partial charge in [0, 0.05) is 25.3 Å². The Balaban J connectivity index is 1.48. The number of benzene rings is 2. The van der Waals surface area contributed by atoms with E-state index >= 15 is 0 Å². The van der Waals surface area contributed by atoms with Gasteiger partial charge in [0.15, 0.2) is 0 Å². The maximum atomic E-state index is 13.4. The van der Waals surface area contributed by atoms with Gasteiger partial charge in [-0.05, 0) is 97.9 Å². The molecule has 2 aliphatic rings. The Hall–Kier alpha value is -2.35. The number of carboxylic acids is 1. The Morgan fingerprint density at radius 3 is 2.62 bits per heavy atom. The molecule has 0 aromatic heterocycles. The molecule has 212 valence electrons. The number of nitrogens with one attached hydrogen (secondary N) is 1. The second-order valence-electron chi connectivity index (χ2n) is 11.2. The largest absolute Gasteiger partial charge is 0.480 e. The number of rotatable bonds is 12. The Morgan fingerprint density at radius 2 is 1.87 bits per heavy atom. The van der Waals surface area contributed by atoms with Crippen molar-refractivity contribution in [2.75, 3.05) is 31.7 Å². The minimum absolute atomic E-state index is 0.288. The number of aliphatic carboxylic acids is 1. The predicted molar refractivity (Wildman–Crippen MR) is 159 cm³/mol. The van der Waals surface area contributed by atoms with Crippen LogP contribution in [0.4, 0.5) is 0 Å². The average molecular weight is 553 g/mol. The molecule has 1 unspecified atom stereocenters. The van der Waals surface area contributed by atoms with E-state index in [1.165, 1.54) is 32.1 Å². The first-order chi connectivity index (χ1) is 18.9. The highest BCUT2D eigenvalue weighted by molar-refractivity contribution is 7.98. The number of carbonyl (C=O) groups is 2. The smallest absolute Gasteiger partial charge is 0.326 e. The van der Waals surface area contributed by atoms with Crippen LogP contribution >= 0.6 is 11.8 Å². The van der Waals surface area contributed by atoms with E-state index in [9.17, 15) is 14.7 Å². The standard InChI is InChI=1S/C32H44N2O4S/c1-23-9-6-7-13-27(23)29-19-25(14-15-28(29)31(35)33-30(32(36)37)16-18-39-2)20-34-17-8-12-26(21-34)38-22-24-10-4-3-5-11-24/h6-7,9,13-15,19,24,26,30H,3-5,8,10-12,16-18,20-22H2,1-2H3,(H,33,35)(H,36,37)/t26?,30-/m0/s1. The van der Waals surface area contributed by atoms with E-state index in [2.05, 4.69) is 16.3 Å². The van der Waals surface area contributed by atoms with Crippen molar-refractivity contribution in [2.45, 2.75) is 77.0 Å². The second kappa shape index (κ2) is 14.9. The maximum absolute atomic E-state index is 13.4. The van der Waals surface area contributed by atoms with Gasteiger partial charge < -0.3 is 15.2 Å². The van der Waals surface area contributed by atoms with Gasteiger partial charge in [-0.15, -0.1) is 0 Å². The monoisotopic (exact) mass is 552 g/mol. The summed E-state index contributed by atoms with van der Waals surface area (Å²) >= 11 is 1.57. The van der Waals surface area contributed by atoms with Gasteiger partial charge in [0.2, 0.25) is 0 Å². The van der Waals surface area contributed by atoms with Gasteiger partial charge in [-0.3, -0.25) is 9.69 Å². The molecule has 1 aliphatic heterocycles. The van der Waals surface area contributed by atoms with E-state index in [0.717, 1.165) is 67.3 Å². The fourth-order valence-electron chi connectivity index (χ4n) is 5.89. The third-order valence-electron chi connectivity index (χ3n) is 8.14. The van der Waals surface area contributed by atoms with Crippen LogP contribution in [0.1, 0.15) is 72.9 Å². The van der Waals surface area contributed by atoms with Crippen molar-refractivity contribution in [1.82, 2.24) is 10.2 Å².